The molecule has 0 saturated carbocycles. The third-order valence-electron chi connectivity index (χ3n) is 1.89. The third kappa shape index (κ3) is 15.5. The topological polar surface area (TPSA) is 15.3 Å². The largest absolute Gasteiger partial charge is 0.384 e. The molecule has 0 aliphatic heterocycles. The lowest BCUT2D eigenvalue weighted by atomic mass is 10.4. The molecular formula is C14H28N2. The average molecular weight is 224 g/mol. The second kappa shape index (κ2) is 12.1. The van der Waals surface area contributed by atoms with Crippen LogP contribution < -0.4 is 5.32 Å². The van der Waals surface area contributed by atoms with Gasteiger partial charge in [-0.25, -0.2) is 0 Å². The molecule has 0 spiro atoms. The summed E-state index contributed by atoms with van der Waals surface area (Å²) in [5.41, 5.74) is 2.28. The second-order valence-corrected chi connectivity index (χ2v) is 3.98. The smallest absolute Gasteiger partial charge is 0.0291 e. The molecule has 0 atom stereocenters. The van der Waals surface area contributed by atoms with Gasteiger partial charge in [-0.1, -0.05) is 25.2 Å². The van der Waals surface area contributed by atoms with Gasteiger partial charge in [-0.3, -0.25) is 0 Å². The number of hydrogen-bond acceptors (Lipinski definition) is 2. The van der Waals surface area contributed by atoms with Crippen molar-refractivity contribution in [2.45, 2.75) is 27.7 Å². The molecule has 94 valence electrons. The van der Waals surface area contributed by atoms with Crippen LogP contribution in [0.25, 0.3) is 0 Å². The van der Waals surface area contributed by atoms with E-state index in [-0.39, 0.29) is 0 Å². The summed E-state index contributed by atoms with van der Waals surface area (Å²) in [4.78, 5) is 2.27. The van der Waals surface area contributed by atoms with Gasteiger partial charge in [-0.05, 0) is 40.4 Å². The van der Waals surface area contributed by atoms with Crippen molar-refractivity contribution in [3.63, 3.8) is 0 Å². The van der Waals surface area contributed by atoms with Crippen LogP contribution in [0.1, 0.15) is 27.7 Å². The summed E-state index contributed by atoms with van der Waals surface area (Å²) in [6.45, 7) is 18.5. The summed E-state index contributed by atoms with van der Waals surface area (Å²) in [7, 11) is 2.12. The van der Waals surface area contributed by atoms with E-state index < -0.39 is 0 Å². The van der Waals surface area contributed by atoms with Gasteiger partial charge in [-0.15, -0.1) is 6.58 Å². The van der Waals surface area contributed by atoms with Crippen molar-refractivity contribution in [2.75, 3.05) is 26.7 Å². The van der Waals surface area contributed by atoms with Crippen molar-refractivity contribution in [3.05, 3.63) is 36.6 Å². The summed E-state index contributed by atoms with van der Waals surface area (Å²) < 4.78 is 0. The number of nitrogens with one attached hydrogen (secondary N) is 1. The first kappa shape index (κ1) is 17.4. The maximum absolute atomic E-state index is 3.71. The molecule has 0 heterocycles. The highest BCUT2D eigenvalue weighted by atomic mass is 15.1. The molecule has 0 aromatic rings. The Morgan fingerprint density at radius 1 is 1.38 bits per heavy atom. The fraction of sp³-hybridized carbons (Fsp3) is 0.571. The molecule has 2 nitrogen and oxygen atoms in total. The molecule has 0 radical (unpaired) electrons. The van der Waals surface area contributed by atoms with Crippen LogP contribution in [0.4, 0.5) is 0 Å². The van der Waals surface area contributed by atoms with Crippen molar-refractivity contribution in [1.82, 2.24) is 10.2 Å². The van der Waals surface area contributed by atoms with E-state index in [0.29, 0.717) is 0 Å². The predicted octanol–water partition coefficient (Wildman–Crippen LogP) is 3.20. The molecule has 16 heavy (non-hydrogen) atoms. The molecule has 0 rings (SSSR count). The van der Waals surface area contributed by atoms with Crippen LogP contribution in [0.3, 0.4) is 0 Å². The van der Waals surface area contributed by atoms with Gasteiger partial charge >= 0.3 is 0 Å². The van der Waals surface area contributed by atoms with E-state index >= 15 is 0 Å². The molecule has 0 amide bonds. The van der Waals surface area contributed by atoms with Crippen LogP contribution in [-0.2, 0) is 0 Å². The molecule has 0 aromatic heterocycles. The van der Waals surface area contributed by atoms with E-state index in [1.807, 2.05) is 32.9 Å². The third-order valence-corrected chi connectivity index (χ3v) is 1.89. The lowest BCUT2D eigenvalue weighted by Crippen LogP contribution is -2.28. The highest BCUT2D eigenvalue weighted by Crippen LogP contribution is 1.88. The minimum atomic E-state index is 0.982. The molecule has 0 fully saturated rings. The van der Waals surface area contributed by atoms with E-state index in [1.54, 1.807) is 0 Å². The van der Waals surface area contributed by atoms with E-state index in [1.165, 1.54) is 5.57 Å². The fourth-order valence-electron chi connectivity index (χ4n) is 0.841. The maximum Gasteiger partial charge on any atom is 0.0291 e. The standard InChI is InChI=1S/C10H20N2.C4H8/c1-5-10(6-2)11-8-9-12(4)7-3;1-4(2)3/h5-6,11H,1,7-9H2,2-4H3;1H2,2-3H3/b10-6+;. The van der Waals surface area contributed by atoms with E-state index in [2.05, 4.69) is 37.3 Å². The zero-order valence-electron chi connectivity index (χ0n) is 11.6. The maximum atomic E-state index is 3.71. The summed E-state index contributed by atoms with van der Waals surface area (Å²) in [5.74, 6) is 0. The van der Waals surface area contributed by atoms with Crippen LogP contribution in [0, 0.1) is 0 Å². The number of hydrogen-bond donors (Lipinski definition) is 1. The number of nitrogens with zero attached hydrogens (tertiary/aromatic N) is 1. The van der Waals surface area contributed by atoms with Crippen molar-refractivity contribution in [3.8, 4) is 0 Å². The van der Waals surface area contributed by atoms with Gasteiger partial charge in [0.15, 0.2) is 0 Å². The minimum Gasteiger partial charge on any atom is -0.384 e. The Morgan fingerprint density at radius 3 is 2.19 bits per heavy atom. The number of likely N-dealkylation sites (N-methyl/N-ethyl adjacent to an activating group) is 1. The summed E-state index contributed by atoms with van der Waals surface area (Å²) in [5, 5.41) is 3.29. The monoisotopic (exact) mass is 224 g/mol. The quantitative estimate of drug-likeness (QED) is 0.550. The Hall–Kier alpha value is -1.02. The van der Waals surface area contributed by atoms with Crippen molar-refractivity contribution in [1.29, 1.82) is 0 Å². The molecule has 0 aliphatic carbocycles. The van der Waals surface area contributed by atoms with E-state index in [4.69, 9.17) is 0 Å². The molecular weight excluding hydrogens is 196 g/mol. The van der Waals surface area contributed by atoms with Crippen LogP contribution in [0.15, 0.2) is 36.6 Å². The Bertz CT molecular complexity index is 213. The molecule has 2 heteroatoms. The van der Waals surface area contributed by atoms with Gasteiger partial charge in [0.05, 0.1) is 0 Å². The van der Waals surface area contributed by atoms with Gasteiger partial charge in [0.25, 0.3) is 0 Å². The molecule has 0 unspecified atom stereocenters. The van der Waals surface area contributed by atoms with Crippen molar-refractivity contribution in [2.24, 2.45) is 0 Å². The Balaban J connectivity index is 0. The van der Waals surface area contributed by atoms with Gasteiger partial charge < -0.3 is 10.2 Å². The molecule has 1 N–H and O–H groups in total. The summed E-state index contributed by atoms with van der Waals surface area (Å²) >= 11 is 0. The average Bonchev–Trinajstić information content (AvgIpc) is 2.23. The Morgan fingerprint density at radius 2 is 1.88 bits per heavy atom. The SMILES string of the molecule is C=C(C)C.C=C/C(=C\C)NCCN(C)CC. The molecule has 0 saturated heterocycles. The zero-order chi connectivity index (χ0) is 13.0. The first-order chi connectivity index (χ1) is 7.47. The van der Waals surface area contributed by atoms with Gasteiger partial charge in [0, 0.05) is 18.8 Å². The number of allylic oxidation sites excluding steroid dienone is 3. The van der Waals surface area contributed by atoms with Crippen LogP contribution in [0.5, 0.6) is 0 Å². The molecule has 0 aromatic carbocycles. The van der Waals surface area contributed by atoms with Crippen molar-refractivity contribution < 1.29 is 0 Å². The van der Waals surface area contributed by atoms with E-state index in [0.717, 1.165) is 25.3 Å². The fourth-order valence-corrected chi connectivity index (χ4v) is 0.841. The van der Waals surface area contributed by atoms with Gasteiger partial charge in [-0.2, -0.15) is 0 Å². The first-order valence-electron chi connectivity index (χ1n) is 5.81. The lowest BCUT2D eigenvalue weighted by Gasteiger charge is -2.14. The normalized spacial score (nSPS) is 10.5. The lowest BCUT2D eigenvalue weighted by molar-refractivity contribution is 0.355. The van der Waals surface area contributed by atoms with Crippen LogP contribution >= 0.6 is 0 Å². The number of rotatable bonds is 6. The highest BCUT2D eigenvalue weighted by molar-refractivity contribution is 5.12. The van der Waals surface area contributed by atoms with Crippen LogP contribution in [0.2, 0.25) is 0 Å². The summed E-state index contributed by atoms with van der Waals surface area (Å²) in [6, 6.07) is 0. The zero-order valence-corrected chi connectivity index (χ0v) is 11.6. The first-order valence-corrected chi connectivity index (χ1v) is 5.81. The molecule has 0 bridgehead atoms. The predicted molar refractivity (Wildman–Crippen MR) is 75.6 cm³/mol. The summed E-state index contributed by atoms with van der Waals surface area (Å²) in [6.07, 6.45) is 3.87. The Kier molecular flexibility index (Phi) is 13.1. The van der Waals surface area contributed by atoms with Crippen LogP contribution in [-0.4, -0.2) is 31.6 Å². The van der Waals surface area contributed by atoms with E-state index in [9.17, 15) is 0 Å². The van der Waals surface area contributed by atoms with Gasteiger partial charge in [0.1, 0.15) is 0 Å². The second-order valence-electron chi connectivity index (χ2n) is 3.98. The molecule has 0 aliphatic rings. The van der Waals surface area contributed by atoms with Gasteiger partial charge in [0.2, 0.25) is 0 Å². The highest BCUT2D eigenvalue weighted by Gasteiger charge is 1.93. The Labute approximate surface area is 102 Å². The van der Waals surface area contributed by atoms with Crippen molar-refractivity contribution >= 4 is 0 Å². The minimum absolute atomic E-state index is 0.982.